The number of non-ortho nitro benzene ring substituents is 1. The summed E-state index contributed by atoms with van der Waals surface area (Å²) in [5.41, 5.74) is 0.962. The molecule has 1 aromatic carbocycles. The number of carbonyl (C=O) groups is 1. The summed E-state index contributed by atoms with van der Waals surface area (Å²) in [5.74, 6) is -1.39. The summed E-state index contributed by atoms with van der Waals surface area (Å²) in [5, 5.41) is 32.4. The number of carboxylic acids is 1. The molecule has 3 rings (SSSR count). The molecule has 0 amide bonds. The number of anilines is 1. The van der Waals surface area contributed by atoms with Crippen molar-refractivity contribution in [1.29, 1.82) is 5.26 Å². The van der Waals surface area contributed by atoms with Crippen LogP contribution in [0, 0.1) is 27.4 Å². The molecule has 7 heteroatoms. The lowest BCUT2D eigenvalue weighted by molar-refractivity contribution is -0.384. The van der Waals surface area contributed by atoms with Crippen LogP contribution in [0.2, 0.25) is 0 Å². The van der Waals surface area contributed by atoms with E-state index in [4.69, 9.17) is 0 Å². The third-order valence-electron chi connectivity index (χ3n) is 4.05. The highest BCUT2D eigenvalue weighted by Crippen LogP contribution is 2.46. The van der Waals surface area contributed by atoms with Crippen LogP contribution in [0.4, 0.5) is 11.4 Å². The van der Waals surface area contributed by atoms with E-state index in [0.717, 1.165) is 0 Å². The number of nitrogens with zero attached hydrogens (tertiary/aromatic N) is 2. The molecule has 1 aliphatic carbocycles. The average Bonchev–Trinajstić information content (AvgIpc) is 2.94. The number of carboxylic acid groups (broad SMARTS) is 1. The van der Waals surface area contributed by atoms with Gasteiger partial charge in [-0.25, -0.2) is 4.79 Å². The molecule has 1 aromatic rings. The van der Waals surface area contributed by atoms with E-state index in [2.05, 4.69) is 5.32 Å². The molecular weight excluding hydrogens is 274 g/mol. The van der Waals surface area contributed by atoms with Gasteiger partial charge in [0.05, 0.1) is 16.2 Å². The minimum Gasteiger partial charge on any atom is -0.480 e. The highest BCUT2D eigenvalue weighted by atomic mass is 16.6. The third-order valence-corrected chi connectivity index (χ3v) is 4.05. The molecule has 2 N–H and O–H groups in total. The SMILES string of the molecule is N#Cc1cc([N+](=O)[O-])cc2c1N[C@@H](C(=O)O)[C@H]1CC=C[C@@H]21. The van der Waals surface area contributed by atoms with Crippen LogP contribution in [-0.4, -0.2) is 22.0 Å². The van der Waals surface area contributed by atoms with E-state index in [1.807, 2.05) is 18.2 Å². The first kappa shape index (κ1) is 13.1. The van der Waals surface area contributed by atoms with Crippen LogP contribution >= 0.6 is 0 Å². The largest absolute Gasteiger partial charge is 0.480 e. The standard InChI is InChI=1S/C14H11N3O4/c15-6-7-4-8(17(20)21)5-11-9-2-1-3-10(9)13(14(18)19)16-12(7)11/h1-2,4-5,9-10,13,16H,3H2,(H,18,19)/t9-,10+,13-/m1/s1. The van der Waals surface area contributed by atoms with Crippen LogP contribution in [0.3, 0.4) is 0 Å². The van der Waals surface area contributed by atoms with Crippen molar-refractivity contribution in [2.75, 3.05) is 5.32 Å². The van der Waals surface area contributed by atoms with Crippen LogP contribution in [0.15, 0.2) is 24.3 Å². The zero-order valence-corrected chi connectivity index (χ0v) is 10.8. The van der Waals surface area contributed by atoms with Gasteiger partial charge in [-0.3, -0.25) is 10.1 Å². The van der Waals surface area contributed by atoms with Gasteiger partial charge >= 0.3 is 5.97 Å². The molecule has 106 valence electrons. The van der Waals surface area contributed by atoms with Crippen molar-refractivity contribution in [3.8, 4) is 6.07 Å². The molecule has 21 heavy (non-hydrogen) atoms. The molecule has 0 radical (unpaired) electrons. The smallest absolute Gasteiger partial charge is 0.326 e. The van der Waals surface area contributed by atoms with E-state index in [0.29, 0.717) is 17.7 Å². The highest BCUT2D eigenvalue weighted by Gasteiger charge is 2.42. The maximum Gasteiger partial charge on any atom is 0.326 e. The number of nitrogens with one attached hydrogen (secondary N) is 1. The van der Waals surface area contributed by atoms with E-state index in [1.165, 1.54) is 12.1 Å². The molecule has 2 aliphatic rings. The minimum atomic E-state index is -0.985. The van der Waals surface area contributed by atoms with Gasteiger partial charge in [-0.05, 0) is 12.0 Å². The summed E-state index contributed by atoms with van der Waals surface area (Å²) >= 11 is 0. The Bertz CT molecular complexity index is 720. The summed E-state index contributed by atoms with van der Waals surface area (Å²) in [7, 11) is 0. The van der Waals surface area contributed by atoms with E-state index in [-0.39, 0.29) is 23.1 Å². The number of hydrogen-bond acceptors (Lipinski definition) is 5. The highest BCUT2D eigenvalue weighted by molar-refractivity contribution is 5.82. The Morgan fingerprint density at radius 1 is 1.52 bits per heavy atom. The molecule has 1 aliphatic heterocycles. The van der Waals surface area contributed by atoms with Crippen LogP contribution in [0.25, 0.3) is 0 Å². The lowest BCUT2D eigenvalue weighted by Gasteiger charge is -2.34. The normalized spacial score (nSPS) is 25.4. The molecule has 0 saturated heterocycles. The topological polar surface area (TPSA) is 116 Å². The van der Waals surface area contributed by atoms with Crippen molar-refractivity contribution in [3.63, 3.8) is 0 Å². The zero-order valence-electron chi connectivity index (χ0n) is 10.8. The van der Waals surface area contributed by atoms with Gasteiger partial charge in [0.2, 0.25) is 0 Å². The number of nitriles is 1. The predicted octanol–water partition coefficient (Wildman–Crippen LogP) is 2.00. The molecule has 0 saturated carbocycles. The van der Waals surface area contributed by atoms with Gasteiger partial charge in [-0.1, -0.05) is 12.2 Å². The Hall–Kier alpha value is -2.88. The summed E-state index contributed by atoms with van der Waals surface area (Å²) < 4.78 is 0. The van der Waals surface area contributed by atoms with Crippen LogP contribution < -0.4 is 5.32 Å². The van der Waals surface area contributed by atoms with Crippen molar-refractivity contribution >= 4 is 17.3 Å². The number of aliphatic carboxylic acids is 1. The number of hydrogen-bond donors (Lipinski definition) is 2. The molecular formula is C14H11N3O4. The second-order valence-corrected chi connectivity index (χ2v) is 5.14. The number of benzene rings is 1. The molecule has 0 fully saturated rings. The summed E-state index contributed by atoms with van der Waals surface area (Å²) in [6.45, 7) is 0. The Balaban J connectivity index is 2.20. The average molecular weight is 285 g/mol. The number of nitro groups is 1. The summed E-state index contributed by atoms with van der Waals surface area (Å²) in [4.78, 5) is 21.8. The summed E-state index contributed by atoms with van der Waals surface area (Å²) in [6.07, 6.45) is 4.34. The van der Waals surface area contributed by atoms with Gasteiger partial charge in [-0.15, -0.1) is 0 Å². The first-order chi connectivity index (χ1) is 10.0. The number of allylic oxidation sites excluding steroid dienone is 2. The molecule has 3 atom stereocenters. The van der Waals surface area contributed by atoms with Crippen molar-refractivity contribution in [2.24, 2.45) is 5.92 Å². The van der Waals surface area contributed by atoms with E-state index < -0.39 is 16.9 Å². The Kier molecular flexibility index (Phi) is 2.87. The van der Waals surface area contributed by atoms with Crippen molar-refractivity contribution in [3.05, 3.63) is 45.5 Å². The van der Waals surface area contributed by atoms with Crippen LogP contribution in [0.5, 0.6) is 0 Å². The minimum absolute atomic E-state index is 0.101. The lowest BCUT2D eigenvalue weighted by Crippen LogP contribution is -2.42. The molecule has 1 heterocycles. The van der Waals surface area contributed by atoms with Gasteiger partial charge in [0.1, 0.15) is 12.1 Å². The Morgan fingerprint density at radius 3 is 2.90 bits per heavy atom. The van der Waals surface area contributed by atoms with Crippen LogP contribution in [0.1, 0.15) is 23.5 Å². The van der Waals surface area contributed by atoms with Gasteiger partial charge in [0.15, 0.2) is 0 Å². The first-order valence-electron chi connectivity index (χ1n) is 6.41. The second kappa shape index (κ2) is 4.59. The van der Waals surface area contributed by atoms with Gasteiger partial charge < -0.3 is 10.4 Å². The van der Waals surface area contributed by atoms with Gasteiger partial charge in [0, 0.05) is 24.0 Å². The fraction of sp³-hybridized carbons (Fsp3) is 0.286. The van der Waals surface area contributed by atoms with E-state index in [1.54, 1.807) is 0 Å². The van der Waals surface area contributed by atoms with Gasteiger partial charge in [0.25, 0.3) is 5.69 Å². The summed E-state index contributed by atoms with van der Waals surface area (Å²) in [6, 6.07) is 3.70. The van der Waals surface area contributed by atoms with Crippen LogP contribution in [-0.2, 0) is 4.79 Å². The lowest BCUT2D eigenvalue weighted by atomic mass is 9.78. The Morgan fingerprint density at radius 2 is 2.29 bits per heavy atom. The molecule has 0 aromatic heterocycles. The molecule has 0 unspecified atom stereocenters. The quantitative estimate of drug-likeness (QED) is 0.487. The molecule has 7 nitrogen and oxygen atoms in total. The number of nitro benzene ring substituents is 1. The van der Waals surface area contributed by atoms with E-state index in [9.17, 15) is 25.3 Å². The zero-order chi connectivity index (χ0) is 15.1. The predicted molar refractivity (Wildman–Crippen MR) is 72.8 cm³/mol. The van der Waals surface area contributed by atoms with Crippen molar-refractivity contribution in [1.82, 2.24) is 0 Å². The van der Waals surface area contributed by atoms with Crippen molar-refractivity contribution < 1.29 is 14.8 Å². The number of fused-ring (bicyclic) bond motifs is 3. The fourth-order valence-electron chi connectivity index (χ4n) is 3.12. The maximum atomic E-state index is 11.4. The maximum absolute atomic E-state index is 11.4. The number of rotatable bonds is 2. The first-order valence-corrected chi connectivity index (χ1v) is 6.41. The second-order valence-electron chi connectivity index (χ2n) is 5.14. The fourth-order valence-corrected chi connectivity index (χ4v) is 3.12. The molecule has 0 spiro atoms. The van der Waals surface area contributed by atoms with Crippen molar-refractivity contribution in [2.45, 2.75) is 18.4 Å². The Labute approximate surface area is 119 Å². The molecule has 0 bridgehead atoms. The third kappa shape index (κ3) is 1.92. The van der Waals surface area contributed by atoms with Gasteiger partial charge in [-0.2, -0.15) is 5.26 Å². The van der Waals surface area contributed by atoms with E-state index >= 15 is 0 Å². The monoisotopic (exact) mass is 285 g/mol.